The van der Waals surface area contributed by atoms with Gasteiger partial charge in [-0.3, -0.25) is 4.40 Å². The van der Waals surface area contributed by atoms with Gasteiger partial charge in [0.15, 0.2) is 5.65 Å². The third-order valence-electron chi connectivity index (χ3n) is 5.02. The van der Waals surface area contributed by atoms with Gasteiger partial charge in [-0.1, -0.05) is 0 Å². The number of fused-ring (bicyclic) bond motifs is 3. The van der Waals surface area contributed by atoms with Crippen molar-refractivity contribution in [1.82, 2.24) is 24.3 Å². The van der Waals surface area contributed by atoms with Crippen LogP contribution in [-0.4, -0.2) is 45.8 Å². The van der Waals surface area contributed by atoms with Gasteiger partial charge in [0.1, 0.15) is 11.6 Å². The van der Waals surface area contributed by atoms with Gasteiger partial charge in [0.25, 0.3) is 0 Å². The molecule has 2 N–H and O–H groups in total. The first-order chi connectivity index (χ1) is 11.1. The maximum Gasteiger partial charge on any atom is 0.214 e. The zero-order valence-corrected chi connectivity index (χ0v) is 13.4. The van der Waals surface area contributed by atoms with Crippen LogP contribution in [0.3, 0.4) is 0 Å². The lowest BCUT2D eigenvalue weighted by molar-refractivity contribution is 0.312. The first kappa shape index (κ1) is 13.7. The Balaban J connectivity index is 1.38. The van der Waals surface area contributed by atoms with E-state index in [4.69, 9.17) is 0 Å². The molecule has 9 heteroatoms. The molecule has 2 aliphatic carbocycles. The van der Waals surface area contributed by atoms with Gasteiger partial charge in [-0.2, -0.15) is 0 Å². The SMILES string of the molecule is O=S(=O)(N[C@H]1C[C@@H](c2nnc3cnc4c(n32)CCN4)C1)C1CC1. The van der Waals surface area contributed by atoms with Crippen LogP contribution in [0.5, 0.6) is 0 Å². The van der Waals surface area contributed by atoms with Crippen LogP contribution in [0, 0.1) is 0 Å². The summed E-state index contributed by atoms with van der Waals surface area (Å²) in [5.41, 5.74) is 1.90. The Kier molecular flexibility index (Phi) is 2.76. The lowest BCUT2D eigenvalue weighted by Crippen LogP contribution is -2.45. The van der Waals surface area contributed by atoms with Crippen LogP contribution in [0.25, 0.3) is 5.65 Å². The molecule has 0 radical (unpaired) electrons. The average Bonchev–Trinajstić information content (AvgIpc) is 3.10. The summed E-state index contributed by atoms with van der Waals surface area (Å²) >= 11 is 0. The minimum Gasteiger partial charge on any atom is -0.368 e. The van der Waals surface area contributed by atoms with Crippen LogP contribution in [-0.2, 0) is 16.4 Å². The second kappa shape index (κ2) is 4.64. The van der Waals surface area contributed by atoms with Crippen LogP contribution >= 0.6 is 0 Å². The minimum atomic E-state index is -3.10. The van der Waals surface area contributed by atoms with Gasteiger partial charge >= 0.3 is 0 Å². The molecule has 2 aromatic rings. The highest BCUT2D eigenvalue weighted by Crippen LogP contribution is 2.38. The highest BCUT2D eigenvalue weighted by atomic mass is 32.2. The van der Waals surface area contributed by atoms with Crippen LogP contribution in [0.4, 0.5) is 5.82 Å². The number of hydrogen-bond acceptors (Lipinski definition) is 6. The molecule has 5 rings (SSSR count). The van der Waals surface area contributed by atoms with Crippen molar-refractivity contribution in [1.29, 1.82) is 0 Å². The molecule has 3 heterocycles. The predicted molar refractivity (Wildman–Crippen MR) is 83.8 cm³/mol. The molecule has 0 amide bonds. The van der Waals surface area contributed by atoms with E-state index in [0.717, 1.165) is 61.6 Å². The molecule has 8 nitrogen and oxygen atoms in total. The quantitative estimate of drug-likeness (QED) is 0.840. The molecule has 23 heavy (non-hydrogen) atoms. The van der Waals surface area contributed by atoms with Crippen molar-refractivity contribution in [2.75, 3.05) is 11.9 Å². The molecule has 0 saturated heterocycles. The lowest BCUT2D eigenvalue weighted by Gasteiger charge is -2.34. The van der Waals surface area contributed by atoms with Crippen molar-refractivity contribution in [3.8, 4) is 0 Å². The Hall–Kier alpha value is -1.74. The number of nitrogens with one attached hydrogen (secondary N) is 2. The van der Waals surface area contributed by atoms with E-state index in [1.807, 2.05) is 0 Å². The Morgan fingerprint density at radius 2 is 2.09 bits per heavy atom. The van der Waals surface area contributed by atoms with Gasteiger partial charge in [-0.15, -0.1) is 10.2 Å². The number of aromatic nitrogens is 4. The molecule has 1 aliphatic heterocycles. The monoisotopic (exact) mass is 334 g/mol. The first-order valence-corrected chi connectivity index (χ1v) is 9.64. The fraction of sp³-hybridized carbons (Fsp3) is 0.643. The Labute approximate surface area is 133 Å². The fourth-order valence-corrected chi connectivity index (χ4v) is 5.15. The summed E-state index contributed by atoms with van der Waals surface area (Å²) in [6.45, 7) is 0.882. The smallest absolute Gasteiger partial charge is 0.214 e. The summed E-state index contributed by atoms with van der Waals surface area (Å²) in [7, 11) is -3.10. The van der Waals surface area contributed by atoms with Gasteiger partial charge in [-0.25, -0.2) is 18.1 Å². The number of nitrogens with zero attached hydrogens (tertiary/aromatic N) is 4. The van der Waals surface area contributed by atoms with Gasteiger partial charge in [-0.05, 0) is 25.7 Å². The standard InChI is InChI=1S/C14H18N6O2S/c21-23(22,10-1-2-10)19-9-5-8(6-9)14-18-17-12-7-16-13-11(20(12)14)3-4-15-13/h7-10,15,19H,1-6H2/t8-,9+. The number of rotatable bonds is 4. The van der Waals surface area contributed by atoms with Crippen molar-refractivity contribution in [3.05, 3.63) is 17.7 Å². The summed E-state index contributed by atoms with van der Waals surface area (Å²) in [5.74, 6) is 2.09. The third kappa shape index (κ3) is 2.13. The average molecular weight is 334 g/mol. The Morgan fingerprint density at radius 1 is 1.26 bits per heavy atom. The maximum atomic E-state index is 12.0. The molecule has 0 aromatic carbocycles. The summed E-state index contributed by atoms with van der Waals surface area (Å²) in [6.07, 6.45) is 5.82. The van der Waals surface area contributed by atoms with Crippen molar-refractivity contribution < 1.29 is 8.42 Å². The second-order valence-corrected chi connectivity index (χ2v) is 8.70. The third-order valence-corrected chi connectivity index (χ3v) is 7.03. The van der Waals surface area contributed by atoms with Crippen LogP contribution < -0.4 is 10.0 Å². The molecule has 0 bridgehead atoms. The first-order valence-electron chi connectivity index (χ1n) is 8.10. The topological polar surface area (TPSA) is 101 Å². The van der Waals surface area contributed by atoms with Crippen molar-refractivity contribution in [3.63, 3.8) is 0 Å². The molecule has 2 saturated carbocycles. The minimum absolute atomic E-state index is 0.0333. The van der Waals surface area contributed by atoms with E-state index in [0.29, 0.717) is 0 Å². The zero-order valence-electron chi connectivity index (χ0n) is 12.6. The van der Waals surface area contributed by atoms with Crippen molar-refractivity contribution in [2.24, 2.45) is 0 Å². The number of anilines is 1. The number of sulfonamides is 1. The largest absolute Gasteiger partial charge is 0.368 e. The molecular formula is C14H18N6O2S. The molecule has 0 spiro atoms. The van der Waals surface area contributed by atoms with Crippen molar-refractivity contribution in [2.45, 2.75) is 49.3 Å². The van der Waals surface area contributed by atoms with Crippen LogP contribution in [0.2, 0.25) is 0 Å². The summed E-state index contributed by atoms with van der Waals surface area (Å²) in [5, 5.41) is 11.7. The maximum absolute atomic E-state index is 12.0. The van der Waals surface area contributed by atoms with E-state index in [-0.39, 0.29) is 17.2 Å². The van der Waals surface area contributed by atoms with Gasteiger partial charge in [0.05, 0.1) is 17.1 Å². The summed E-state index contributed by atoms with van der Waals surface area (Å²) < 4.78 is 28.9. The molecule has 122 valence electrons. The van der Waals surface area contributed by atoms with Gasteiger partial charge in [0.2, 0.25) is 10.0 Å². The van der Waals surface area contributed by atoms with Crippen molar-refractivity contribution >= 4 is 21.5 Å². The highest BCUT2D eigenvalue weighted by molar-refractivity contribution is 7.90. The summed E-state index contributed by atoms with van der Waals surface area (Å²) in [6, 6.07) is 0.0333. The van der Waals surface area contributed by atoms with Crippen LogP contribution in [0.1, 0.15) is 43.1 Å². The second-order valence-electron chi connectivity index (χ2n) is 6.71. The van der Waals surface area contributed by atoms with Gasteiger partial charge < -0.3 is 5.32 Å². The fourth-order valence-electron chi connectivity index (χ4n) is 3.55. The summed E-state index contributed by atoms with van der Waals surface area (Å²) in [4.78, 5) is 4.37. The normalized spacial score (nSPS) is 26.8. The molecular weight excluding hydrogens is 316 g/mol. The predicted octanol–water partition coefficient (Wildman–Crippen LogP) is 0.420. The van der Waals surface area contributed by atoms with Gasteiger partial charge in [0, 0.05) is 24.9 Å². The zero-order chi connectivity index (χ0) is 15.6. The lowest BCUT2D eigenvalue weighted by atomic mass is 9.80. The molecule has 0 atom stereocenters. The molecule has 2 fully saturated rings. The van der Waals surface area contributed by atoms with E-state index < -0.39 is 10.0 Å². The van der Waals surface area contributed by atoms with E-state index in [1.54, 1.807) is 6.20 Å². The Morgan fingerprint density at radius 3 is 2.87 bits per heavy atom. The highest BCUT2D eigenvalue weighted by Gasteiger charge is 2.41. The Bertz CT molecular complexity index is 882. The molecule has 0 unspecified atom stereocenters. The van der Waals surface area contributed by atoms with Crippen LogP contribution in [0.15, 0.2) is 6.20 Å². The van der Waals surface area contributed by atoms with E-state index in [1.165, 1.54) is 0 Å². The molecule has 3 aliphatic rings. The van der Waals surface area contributed by atoms with E-state index in [9.17, 15) is 8.42 Å². The van der Waals surface area contributed by atoms with E-state index in [2.05, 4.69) is 29.6 Å². The number of hydrogen-bond donors (Lipinski definition) is 2. The molecule has 2 aromatic heterocycles. The van der Waals surface area contributed by atoms with E-state index >= 15 is 0 Å².